The Labute approximate surface area is 80.3 Å². The number of aromatic nitrogens is 3. The summed E-state index contributed by atoms with van der Waals surface area (Å²) in [5.74, 6) is 0. The monoisotopic (exact) mass is 229 g/mol. The molecule has 0 bridgehead atoms. The topological polar surface area (TPSA) is 30.7 Å². The molecule has 1 aromatic rings. The molecule has 0 radical (unpaired) electrons. The van der Waals surface area contributed by atoms with Crippen molar-refractivity contribution in [1.29, 1.82) is 0 Å². The van der Waals surface area contributed by atoms with Crippen LogP contribution in [-0.4, -0.2) is 15.0 Å². The van der Waals surface area contributed by atoms with E-state index in [1.807, 2.05) is 10.9 Å². The van der Waals surface area contributed by atoms with Crippen molar-refractivity contribution in [2.45, 2.75) is 37.1 Å². The summed E-state index contributed by atoms with van der Waals surface area (Å²) in [7, 11) is 0. The Kier molecular flexibility index (Phi) is 2.44. The number of alkyl halides is 1. The summed E-state index contributed by atoms with van der Waals surface area (Å²) in [4.78, 5) is 0. The van der Waals surface area contributed by atoms with Crippen molar-refractivity contribution in [3.8, 4) is 0 Å². The molecule has 1 fully saturated rings. The second-order valence-electron chi connectivity index (χ2n) is 3.26. The summed E-state index contributed by atoms with van der Waals surface area (Å²) in [6.07, 6.45) is 7.27. The molecule has 1 aliphatic carbocycles. The minimum Gasteiger partial charge on any atom is -0.249 e. The van der Waals surface area contributed by atoms with Crippen LogP contribution in [0, 0.1) is 0 Å². The highest BCUT2D eigenvalue weighted by Crippen LogP contribution is 2.28. The largest absolute Gasteiger partial charge is 0.249 e. The predicted octanol–water partition coefficient (Wildman–Crippen LogP) is 2.29. The van der Waals surface area contributed by atoms with E-state index in [0.717, 1.165) is 11.0 Å². The fourth-order valence-corrected chi connectivity index (χ4v) is 1.98. The fraction of sp³-hybridized carbons (Fsp3) is 0.750. The highest BCUT2D eigenvalue weighted by atomic mass is 79.9. The molecule has 4 heteroatoms. The lowest BCUT2D eigenvalue weighted by atomic mass is 10.3. The van der Waals surface area contributed by atoms with Crippen molar-refractivity contribution < 1.29 is 0 Å². The third-order valence-corrected chi connectivity index (χ3v) is 2.97. The minimum absolute atomic E-state index is 0.616. The zero-order valence-corrected chi connectivity index (χ0v) is 8.50. The third-order valence-electron chi connectivity index (χ3n) is 2.39. The number of hydrogen-bond acceptors (Lipinski definition) is 2. The van der Waals surface area contributed by atoms with Crippen LogP contribution in [0.2, 0.25) is 0 Å². The molecule has 0 spiro atoms. The van der Waals surface area contributed by atoms with Crippen LogP contribution in [0.3, 0.4) is 0 Å². The quantitative estimate of drug-likeness (QED) is 0.729. The Balaban J connectivity index is 2.11. The van der Waals surface area contributed by atoms with Crippen LogP contribution >= 0.6 is 15.9 Å². The molecule has 3 nitrogen and oxygen atoms in total. The van der Waals surface area contributed by atoms with Crippen molar-refractivity contribution in [2.24, 2.45) is 0 Å². The third kappa shape index (κ3) is 1.53. The van der Waals surface area contributed by atoms with Gasteiger partial charge in [0.15, 0.2) is 0 Å². The van der Waals surface area contributed by atoms with E-state index in [2.05, 4.69) is 26.2 Å². The van der Waals surface area contributed by atoms with Crippen molar-refractivity contribution in [1.82, 2.24) is 15.0 Å². The van der Waals surface area contributed by atoms with Gasteiger partial charge in [-0.3, -0.25) is 0 Å². The maximum absolute atomic E-state index is 4.11. The van der Waals surface area contributed by atoms with Gasteiger partial charge >= 0.3 is 0 Å². The molecule has 0 saturated heterocycles. The molecular weight excluding hydrogens is 218 g/mol. The van der Waals surface area contributed by atoms with Gasteiger partial charge in [0, 0.05) is 11.5 Å². The first-order chi connectivity index (χ1) is 5.90. The van der Waals surface area contributed by atoms with Gasteiger partial charge in [0.1, 0.15) is 0 Å². The summed E-state index contributed by atoms with van der Waals surface area (Å²) in [6.45, 7) is 0. The van der Waals surface area contributed by atoms with E-state index < -0.39 is 0 Å². The smallest absolute Gasteiger partial charge is 0.0932 e. The summed E-state index contributed by atoms with van der Waals surface area (Å²) in [5, 5.41) is 8.96. The lowest BCUT2D eigenvalue weighted by Gasteiger charge is -2.06. The van der Waals surface area contributed by atoms with Gasteiger partial charge in [-0.25, -0.2) is 4.68 Å². The van der Waals surface area contributed by atoms with Gasteiger partial charge in [-0.1, -0.05) is 34.0 Å². The molecule has 0 aromatic carbocycles. The molecule has 1 saturated carbocycles. The van der Waals surface area contributed by atoms with Crippen molar-refractivity contribution >= 4 is 15.9 Å². The molecule has 66 valence electrons. The average molecular weight is 230 g/mol. The molecule has 0 aliphatic heterocycles. The van der Waals surface area contributed by atoms with E-state index in [4.69, 9.17) is 0 Å². The minimum atomic E-state index is 0.616. The Morgan fingerprint density at radius 1 is 1.50 bits per heavy atom. The zero-order chi connectivity index (χ0) is 8.39. The Hall–Kier alpha value is -0.380. The molecule has 0 N–H and O–H groups in total. The number of hydrogen-bond donors (Lipinski definition) is 0. The Morgan fingerprint density at radius 3 is 2.83 bits per heavy atom. The predicted molar refractivity (Wildman–Crippen MR) is 50.2 cm³/mol. The van der Waals surface area contributed by atoms with Crippen molar-refractivity contribution in [3.05, 3.63) is 11.9 Å². The van der Waals surface area contributed by atoms with E-state index in [9.17, 15) is 0 Å². The van der Waals surface area contributed by atoms with E-state index in [1.54, 1.807) is 0 Å². The molecule has 2 rings (SSSR count). The zero-order valence-electron chi connectivity index (χ0n) is 6.91. The van der Waals surface area contributed by atoms with Crippen LogP contribution in [0.15, 0.2) is 6.20 Å². The first-order valence-electron chi connectivity index (χ1n) is 4.37. The molecule has 0 atom stereocenters. The summed E-state index contributed by atoms with van der Waals surface area (Å²) in [6, 6.07) is 0.616. The van der Waals surface area contributed by atoms with Crippen LogP contribution < -0.4 is 0 Å². The van der Waals surface area contributed by atoms with Gasteiger partial charge < -0.3 is 0 Å². The molecular formula is C8H12BrN3. The second-order valence-corrected chi connectivity index (χ2v) is 3.82. The van der Waals surface area contributed by atoms with Crippen LogP contribution in [0.5, 0.6) is 0 Å². The molecule has 1 aliphatic rings. The second kappa shape index (κ2) is 3.56. The lowest BCUT2D eigenvalue weighted by molar-refractivity contribution is 0.454. The highest BCUT2D eigenvalue weighted by molar-refractivity contribution is 9.08. The normalized spacial score (nSPS) is 18.8. The number of halogens is 1. The maximum atomic E-state index is 4.11. The van der Waals surface area contributed by atoms with Crippen LogP contribution in [0.4, 0.5) is 0 Å². The van der Waals surface area contributed by atoms with Gasteiger partial charge in [-0.2, -0.15) is 0 Å². The van der Waals surface area contributed by atoms with E-state index in [1.165, 1.54) is 25.7 Å². The molecule has 0 amide bonds. The van der Waals surface area contributed by atoms with Gasteiger partial charge in [-0.15, -0.1) is 5.10 Å². The Bertz CT molecular complexity index is 253. The van der Waals surface area contributed by atoms with Crippen LogP contribution in [0.1, 0.15) is 37.4 Å². The van der Waals surface area contributed by atoms with E-state index >= 15 is 0 Å². The summed E-state index contributed by atoms with van der Waals surface area (Å²) in [5.41, 5.74) is 1.03. The maximum Gasteiger partial charge on any atom is 0.0932 e. The Morgan fingerprint density at radius 2 is 2.25 bits per heavy atom. The summed E-state index contributed by atoms with van der Waals surface area (Å²) >= 11 is 3.36. The van der Waals surface area contributed by atoms with Gasteiger partial charge in [0.05, 0.1) is 11.7 Å². The van der Waals surface area contributed by atoms with Crippen molar-refractivity contribution in [3.63, 3.8) is 0 Å². The SMILES string of the molecule is BrCc1cn(C2CCCC2)nn1. The van der Waals surface area contributed by atoms with Crippen LogP contribution in [0.25, 0.3) is 0 Å². The summed E-state index contributed by atoms with van der Waals surface area (Å²) < 4.78 is 2.02. The first kappa shape index (κ1) is 8.23. The van der Waals surface area contributed by atoms with E-state index in [0.29, 0.717) is 6.04 Å². The van der Waals surface area contributed by atoms with Crippen molar-refractivity contribution in [2.75, 3.05) is 0 Å². The number of nitrogens with zero attached hydrogens (tertiary/aromatic N) is 3. The molecule has 1 aromatic heterocycles. The number of rotatable bonds is 2. The first-order valence-corrected chi connectivity index (χ1v) is 5.49. The van der Waals surface area contributed by atoms with Crippen LogP contribution in [-0.2, 0) is 5.33 Å². The average Bonchev–Trinajstić information content (AvgIpc) is 2.75. The standard InChI is InChI=1S/C8H12BrN3/c9-5-7-6-12(11-10-7)8-3-1-2-4-8/h6,8H,1-5H2. The van der Waals surface area contributed by atoms with Gasteiger partial charge in [0.2, 0.25) is 0 Å². The molecule has 12 heavy (non-hydrogen) atoms. The van der Waals surface area contributed by atoms with Gasteiger partial charge in [0.25, 0.3) is 0 Å². The van der Waals surface area contributed by atoms with Gasteiger partial charge in [-0.05, 0) is 12.8 Å². The van der Waals surface area contributed by atoms with E-state index in [-0.39, 0.29) is 0 Å². The molecule has 0 unspecified atom stereocenters. The highest BCUT2D eigenvalue weighted by Gasteiger charge is 2.17. The fourth-order valence-electron chi connectivity index (χ4n) is 1.72. The molecule has 1 heterocycles. The lowest BCUT2D eigenvalue weighted by Crippen LogP contribution is -2.04.